The molecule has 0 saturated carbocycles. The highest BCUT2D eigenvalue weighted by atomic mass is 15.1. The third-order valence-corrected chi connectivity index (χ3v) is 2.35. The lowest BCUT2D eigenvalue weighted by Gasteiger charge is -2.25. The maximum Gasteiger partial charge on any atom is 0.0195 e. The molecular weight excluding hydrogens is 134 g/mol. The molecule has 0 amide bonds. The smallest absolute Gasteiger partial charge is 0.0195 e. The summed E-state index contributed by atoms with van der Waals surface area (Å²) >= 11 is 0. The monoisotopic (exact) mass is 151 g/mol. The van der Waals surface area contributed by atoms with Gasteiger partial charge in [0.25, 0.3) is 0 Å². The van der Waals surface area contributed by atoms with Gasteiger partial charge in [0.15, 0.2) is 0 Å². The van der Waals surface area contributed by atoms with E-state index in [-0.39, 0.29) is 0 Å². The van der Waals surface area contributed by atoms with E-state index >= 15 is 0 Å². The van der Waals surface area contributed by atoms with Gasteiger partial charge >= 0.3 is 0 Å². The maximum atomic E-state index is 3.83. The molecular formula is C10H17N. The first-order valence-electron chi connectivity index (χ1n) is 4.29. The molecule has 1 heteroatoms. The zero-order valence-corrected chi connectivity index (χ0v) is 7.56. The minimum atomic E-state index is 1.14. The van der Waals surface area contributed by atoms with Crippen LogP contribution in [0.2, 0.25) is 0 Å². The molecule has 1 aliphatic rings. The first kappa shape index (κ1) is 8.54. The average molecular weight is 151 g/mol. The summed E-state index contributed by atoms with van der Waals surface area (Å²) in [5.74, 6) is 0. The van der Waals surface area contributed by atoms with E-state index in [1.165, 1.54) is 25.0 Å². The lowest BCUT2D eigenvalue weighted by molar-refractivity contribution is 0.346. The zero-order chi connectivity index (χ0) is 8.27. The first-order valence-corrected chi connectivity index (χ1v) is 4.29. The minimum absolute atomic E-state index is 1.14. The van der Waals surface area contributed by atoms with Gasteiger partial charge in [0, 0.05) is 13.1 Å². The summed E-state index contributed by atoms with van der Waals surface area (Å²) in [6.45, 7) is 8.37. The summed E-state index contributed by atoms with van der Waals surface area (Å²) in [5.41, 5.74) is 3.04. The maximum absolute atomic E-state index is 3.83. The molecule has 1 heterocycles. The molecule has 62 valence electrons. The van der Waals surface area contributed by atoms with Crippen LogP contribution in [0.25, 0.3) is 0 Å². The van der Waals surface area contributed by atoms with E-state index in [0.717, 1.165) is 6.54 Å². The number of hydrogen-bond acceptors (Lipinski definition) is 1. The van der Waals surface area contributed by atoms with Crippen LogP contribution >= 0.6 is 0 Å². The van der Waals surface area contributed by atoms with Crippen LogP contribution in [0.15, 0.2) is 23.8 Å². The van der Waals surface area contributed by atoms with Crippen LogP contribution in [0, 0.1) is 0 Å². The zero-order valence-electron chi connectivity index (χ0n) is 7.56. The Hall–Kier alpha value is -0.560. The van der Waals surface area contributed by atoms with Gasteiger partial charge in [0.1, 0.15) is 0 Å². The largest absolute Gasteiger partial charge is 0.302 e. The molecule has 0 atom stereocenters. The van der Waals surface area contributed by atoms with Crippen molar-refractivity contribution in [2.75, 3.05) is 20.1 Å². The van der Waals surface area contributed by atoms with E-state index in [1.807, 2.05) is 6.08 Å². The lowest BCUT2D eigenvalue weighted by Crippen LogP contribution is -2.27. The molecule has 0 unspecified atom stereocenters. The second-order valence-electron chi connectivity index (χ2n) is 3.17. The molecule has 1 rings (SSSR count). The second-order valence-corrected chi connectivity index (χ2v) is 3.17. The molecule has 0 N–H and O–H groups in total. The van der Waals surface area contributed by atoms with E-state index in [9.17, 15) is 0 Å². The van der Waals surface area contributed by atoms with Gasteiger partial charge in [-0.3, -0.25) is 0 Å². The number of rotatable bonds is 2. The van der Waals surface area contributed by atoms with Crippen molar-refractivity contribution in [1.29, 1.82) is 0 Å². The van der Waals surface area contributed by atoms with E-state index in [1.54, 1.807) is 5.57 Å². The Bertz CT molecular complexity index is 179. The standard InChI is InChI=1S/C10H17N/c1-4-9-6-7-11(3)8-10(9)5-2/h4H,1,5-8H2,2-3H3. The quantitative estimate of drug-likeness (QED) is 0.585. The summed E-state index contributed by atoms with van der Waals surface area (Å²) in [6, 6.07) is 0. The highest BCUT2D eigenvalue weighted by molar-refractivity contribution is 5.27. The number of nitrogens with zero attached hydrogens (tertiary/aromatic N) is 1. The number of likely N-dealkylation sites (N-methyl/N-ethyl adjacent to an activating group) is 1. The van der Waals surface area contributed by atoms with Gasteiger partial charge in [-0.15, -0.1) is 0 Å². The van der Waals surface area contributed by atoms with Gasteiger partial charge in [0.2, 0.25) is 0 Å². The van der Waals surface area contributed by atoms with Gasteiger partial charge < -0.3 is 4.90 Å². The Balaban J connectivity index is 2.74. The van der Waals surface area contributed by atoms with Crippen molar-refractivity contribution >= 4 is 0 Å². The summed E-state index contributed by atoms with van der Waals surface area (Å²) in [4.78, 5) is 2.37. The minimum Gasteiger partial charge on any atom is -0.302 e. The summed E-state index contributed by atoms with van der Waals surface area (Å²) in [6.07, 6.45) is 4.38. The summed E-state index contributed by atoms with van der Waals surface area (Å²) in [5, 5.41) is 0. The van der Waals surface area contributed by atoms with Crippen LogP contribution in [0.5, 0.6) is 0 Å². The van der Waals surface area contributed by atoms with E-state index in [4.69, 9.17) is 0 Å². The van der Waals surface area contributed by atoms with Crippen molar-refractivity contribution in [3.05, 3.63) is 23.8 Å². The Kier molecular flexibility index (Phi) is 2.89. The average Bonchev–Trinajstić information content (AvgIpc) is 2.04. The second kappa shape index (κ2) is 3.72. The van der Waals surface area contributed by atoms with Crippen LogP contribution in [-0.2, 0) is 0 Å². The molecule has 11 heavy (non-hydrogen) atoms. The Morgan fingerprint density at radius 2 is 2.36 bits per heavy atom. The van der Waals surface area contributed by atoms with Crippen LogP contribution in [0.1, 0.15) is 19.8 Å². The van der Waals surface area contributed by atoms with Crippen molar-refractivity contribution < 1.29 is 0 Å². The third-order valence-electron chi connectivity index (χ3n) is 2.35. The Labute approximate surface area is 69.4 Å². The van der Waals surface area contributed by atoms with Crippen LogP contribution in [0.4, 0.5) is 0 Å². The van der Waals surface area contributed by atoms with Gasteiger partial charge in [-0.1, -0.05) is 25.2 Å². The molecule has 0 spiro atoms. The van der Waals surface area contributed by atoms with E-state index in [2.05, 4.69) is 25.5 Å². The van der Waals surface area contributed by atoms with Crippen LogP contribution in [0.3, 0.4) is 0 Å². The summed E-state index contributed by atoms with van der Waals surface area (Å²) < 4.78 is 0. The predicted molar refractivity (Wildman–Crippen MR) is 49.6 cm³/mol. The van der Waals surface area contributed by atoms with Crippen molar-refractivity contribution in [3.63, 3.8) is 0 Å². The van der Waals surface area contributed by atoms with Gasteiger partial charge in [-0.25, -0.2) is 0 Å². The predicted octanol–water partition coefficient (Wildman–Crippen LogP) is 2.21. The fraction of sp³-hybridized carbons (Fsp3) is 0.600. The van der Waals surface area contributed by atoms with Crippen LogP contribution < -0.4 is 0 Å². The molecule has 0 saturated heterocycles. The highest BCUT2D eigenvalue weighted by Gasteiger charge is 2.11. The molecule has 0 aromatic carbocycles. The van der Waals surface area contributed by atoms with Crippen molar-refractivity contribution in [3.8, 4) is 0 Å². The van der Waals surface area contributed by atoms with Crippen LogP contribution in [-0.4, -0.2) is 25.0 Å². The molecule has 0 aromatic heterocycles. The molecule has 1 nitrogen and oxygen atoms in total. The molecule has 0 radical (unpaired) electrons. The normalized spacial score (nSPS) is 20.5. The van der Waals surface area contributed by atoms with Gasteiger partial charge in [-0.2, -0.15) is 0 Å². The lowest BCUT2D eigenvalue weighted by atomic mass is 9.99. The topological polar surface area (TPSA) is 3.24 Å². The van der Waals surface area contributed by atoms with Gasteiger partial charge in [-0.05, 0) is 25.5 Å². The SMILES string of the molecule is C=CC1=C(CC)CN(C)CC1. The van der Waals surface area contributed by atoms with Crippen molar-refractivity contribution in [2.45, 2.75) is 19.8 Å². The van der Waals surface area contributed by atoms with E-state index in [0.29, 0.717) is 0 Å². The highest BCUT2D eigenvalue weighted by Crippen LogP contribution is 2.19. The third kappa shape index (κ3) is 1.93. The summed E-state index contributed by atoms with van der Waals surface area (Å²) in [7, 11) is 2.18. The molecule has 0 aromatic rings. The van der Waals surface area contributed by atoms with Crippen molar-refractivity contribution in [2.24, 2.45) is 0 Å². The fourth-order valence-corrected chi connectivity index (χ4v) is 1.58. The molecule has 0 aliphatic carbocycles. The fourth-order valence-electron chi connectivity index (χ4n) is 1.58. The number of allylic oxidation sites excluding steroid dienone is 1. The Morgan fingerprint density at radius 1 is 1.64 bits per heavy atom. The van der Waals surface area contributed by atoms with Crippen molar-refractivity contribution in [1.82, 2.24) is 4.90 Å². The number of hydrogen-bond donors (Lipinski definition) is 0. The first-order chi connectivity index (χ1) is 5.27. The van der Waals surface area contributed by atoms with Gasteiger partial charge in [0.05, 0.1) is 0 Å². The molecule has 0 fully saturated rings. The molecule has 1 aliphatic heterocycles. The molecule has 0 bridgehead atoms. The Morgan fingerprint density at radius 3 is 2.91 bits per heavy atom. The van der Waals surface area contributed by atoms with E-state index < -0.39 is 0 Å².